The minimum Gasteiger partial charge on any atom is -0.339 e. The molecule has 0 bridgehead atoms. The van der Waals surface area contributed by atoms with E-state index in [4.69, 9.17) is 4.98 Å². The average Bonchev–Trinajstić information content (AvgIpc) is 3.19. The Morgan fingerprint density at radius 1 is 1.07 bits per heavy atom. The average molecular weight is 438 g/mol. The summed E-state index contributed by atoms with van der Waals surface area (Å²) in [4.78, 5) is 32.1. The summed E-state index contributed by atoms with van der Waals surface area (Å²) in [6.45, 7) is 0. The first kappa shape index (κ1) is 20.6. The van der Waals surface area contributed by atoms with Gasteiger partial charge in [-0.25, -0.2) is 4.98 Å². The van der Waals surface area contributed by atoms with Crippen LogP contribution in [-0.4, -0.2) is 35.1 Å². The van der Waals surface area contributed by atoms with Gasteiger partial charge in [-0.3, -0.25) is 9.59 Å². The van der Waals surface area contributed by atoms with Crippen LogP contribution in [0.15, 0.2) is 65.6 Å². The van der Waals surface area contributed by atoms with Crippen molar-refractivity contribution in [2.24, 2.45) is 5.92 Å². The van der Waals surface area contributed by atoms with Gasteiger partial charge < -0.3 is 10.2 Å². The number of allylic oxidation sites excluding steroid dienone is 2. The molecule has 2 atom stereocenters. The maximum atomic E-state index is 13.1. The molecule has 0 radical (unpaired) electrons. The number of nitrogens with one attached hydrogen (secondary N) is 1. The number of thioether (sulfide) groups is 1. The highest BCUT2D eigenvalue weighted by Crippen LogP contribution is 2.39. The number of thiazole rings is 1. The fourth-order valence-electron chi connectivity index (χ4n) is 3.46. The van der Waals surface area contributed by atoms with Crippen molar-refractivity contribution in [1.29, 1.82) is 0 Å². The number of anilines is 1. The van der Waals surface area contributed by atoms with Crippen LogP contribution in [0.2, 0.25) is 0 Å². The standard InChI is InChI=1S/C23H23N3O2S2/c1-26(2)23(28)29-16-13-11-15(12-14-16)24-21(27)17-7-3-4-8-18(17)22-25-19-9-5-6-10-20(19)30-22/h3-6,9-14,17-18H,7-8H2,1-2H3,(H,24,27). The number of hydrogen-bond acceptors (Lipinski definition) is 5. The molecule has 1 N–H and O–H groups in total. The zero-order valence-corrected chi connectivity index (χ0v) is 18.5. The van der Waals surface area contributed by atoms with E-state index < -0.39 is 0 Å². The number of rotatable bonds is 4. The molecule has 30 heavy (non-hydrogen) atoms. The zero-order chi connectivity index (χ0) is 21.1. The van der Waals surface area contributed by atoms with Gasteiger partial charge in [-0.1, -0.05) is 24.3 Å². The number of carbonyl (C=O) groups excluding carboxylic acids is 2. The van der Waals surface area contributed by atoms with Crippen LogP contribution in [0, 0.1) is 5.92 Å². The molecule has 3 aromatic rings. The van der Waals surface area contributed by atoms with Gasteiger partial charge in [0.25, 0.3) is 5.24 Å². The molecular weight excluding hydrogens is 414 g/mol. The molecule has 1 aliphatic carbocycles. The van der Waals surface area contributed by atoms with Crippen molar-refractivity contribution in [1.82, 2.24) is 9.88 Å². The van der Waals surface area contributed by atoms with Crippen LogP contribution in [0.1, 0.15) is 23.8 Å². The number of amides is 2. The number of carbonyl (C=O) groups is 2. The first-order chi connectivity index (χ1) is 14.5. The number of fused-ring (bicyclic) bond motifs is 1. The highest BCUT2D eigenvalue weighted by atomic mass is 32.2. The van der Waals surface area contributed by atoms with Crippen molar-refractivity contribution in [3.63, 3.8) is 0 Å². The molecule has 5 nitrogen and oxygen atoms in total. The second kappa shape index (κ2) is 9.02. The Balaban J connectivity index is 1.47. The summed E-state index contributed by atoms with van der Waals surface area (Å²) >= 11 is 2.84. The second-order valence-corrected chi connectivity index (χ2v) is 9.54. The quantitative estimate of drug-likeness (QED) is 0.416. The van der Waals surface area contributed by atoms with E-state index in [1.165, 1.54) is 11.8 Å². The van der Waals surface area contributed by atoms with Crippen LogP contribution in [0.25, 0.3) is 10.2 Å². The fourth-order valence-corrected chi connectivity index (χ4v) is 5.26. The van der Waals surface area contributed by atoms with Crippen LogP contribution < -0.4 is 5.32 Å². The van der Waals surface area contributed by atoms with Crippen molar-refractivity contribution in [3.8, 4) is 0 Å². The molecule has 2 aromatic carbocycles. The van der Waals surface area contributed by atoms with E-state index in [9.17, 15) is 9.59 Å². The first-order valence-electron chi connectivity index (χ1n) is 9.82. The Hall–Kier alpha value is -2.64. The largest absolute Gasteiger partial charge is 0.339 e. The molecule has 1 aliphatic rings. The number of nitrogens with zero attached hydrogens (tertiary/aromatic N) is 2. The summed E-state index contributed by atoms with van der Waals surface area (Å²) in [6, 6.07) is 15.5. The number of hydrogen-bond donors (Lipinski definition) is 1. The third-order valence-corrected chi connectivity index (χ3v) is 7.30. The van der Waals surface area contributed by atoms with Crippen molar-refractivity contribution in [3.05, 3.63) is 65.7 Å². The van der Waals surface area contributed by atoms with Gasteiger partial charge in [-0.2, -0.15) is 0 Å². The molecule has 0 spiro atoms. The third kappa shape index (κ3) is 4.57. The Kier molecular flexibility index (Phi) is 6.20. The molecule has 2 unspecified atom stereocenters. The van der Waals surface area contributed by atoms with Crippen molar-refractivity contribution in [2.45, 2.75) is 23.7 Å². The highest BCUT2D eigenvalue weighted by molar-refractivity contribution is 8.13. The molecule has 2 amide bonds. The summed E-state index contributed by atoms with van der Waals surface area (Å²) < 4.78 is 1.15. The summed E-state index contributed by atoms with van der Waals surface area (Å²) in [7, 11) is 3.45. The summed E-state index contributed by atoms with van der Waals surface area (Å²) in [5.41, 5.74) is 1.73. The van der Waals surface area contributed by atoms with E-state index in [1.807, 2.05) is 42.5 Å². The predicted octanol–water partition coefficient (Wildman–Crippen LogP) is 5.76. The fraction of sp³-hybridized carbons (Fsp3) is 0.261. The summed E-state index contributed by atoms with van der Waals surface area (Å²) in [6.07, 6.45) is 5.76. The monoisotopic (exact) mass is 437 g/mol. The van der Waals surface area contributed by atoms with Gasteiger partial charge in [0.1, 0.15) is 0 Å². The SMILES string of the molecule is CN(C)C(=O)Sc1ccc(NC(=O)C2CC=CCC2c2nc3ccccc3s2)cc1. The number of aromatic nitrogens is 1. The van der Waals surface area contributed by atoms with Crippen LogP contribution >= 0.6 is 23.1 Å². The molecule has 1 aromatic heterocycles. The Bertz CT molecular complexity index is 1060. The summed E-state index contributed by atoms with van der Waals surface area (Å²) in [5.74, 6) is -0.0618. The van der Waals surface area contributed by atoms with E-state index in [-0.39, 0.29) is 23.0 Å². The van der Waals surface area contributed by atoms with E-state index in [1.54, 1.807) is 30.3 Å². The van der Waals surface area contributed by atoms with Crippen LogP contribution in [-0.2, 0) is 4.79 Å². The normalized spacial score (nSPS) is 18.3. The number of para-hydroxylation sites is 1. The van der Waals surface area contributed by atoms with Gasteiger partial charge in [0.2, 0.25) is 5.91 Å². The maximum absolute atomic E-state index is 13.1. The van der Waals surface area contributed by atoms with Crippen molar-refractivity contribution in [2.75, 3.05) is 19.4 Å². The minimum absolute atomic E-state index is 0.00776. The lowest BCUT2D eigenvalue weighted by Crippen LogP contribution is -2.29. The molecule has 4 rings (SSSR count). The highest BCUT2D eigenvalue weighted by Gasteiger charge is 2.32. The number of benzene rings is 2. The first-order valence-corrected chi connectivity index (χ1v) is 11.4. The van der Waals surface area contributed by atoms with E-state index >= 15 is 0 Å². The van der Waals surface area contributed by atoms with Gasteiger partial charge in [0.05, 0.1) is 21.1 Å². The smallest absolute Gasteiger partial charge is 0.285 e. The van der Waals surface area contributed by atoms with Crippen molar-refractivity contribution >= 4 is 50.1 Å². The lowest BCUT2D eigenvalue weighted by molar-refractivity contribution is -0.120. The lowest BCUT2D eigenvalue weighted by Gasteiger charge is -2.26. The minimum atomic E-state index is -0.153. The molecule has 0 saturated carbocycles. The van der Waals surface area contributed by atoms with Crippen LogP contribution in [0.5, 0.6) is 0 Å². The third-order valence-electron chi connectivity index (χ3n) is 5.09. The molecule has 1 heterocycles. The van der Waals surface area contributed by atoms with Crippen molar-refractivity contribution < 1.29 is 9.59 Å². The van der Waals surface area contributed by atoms with Gasteiger partial charge in [0.15, 0.2) is 0 Å². The zero-order valence-electron chi connectivity index (χ0n) is 16.9. The van der Waals surface area contributed by atoms with Gasteiger partial charge in [-0.05, 0) is 61.0 Å². The molecular formula is C23H23N3O2S2. The predicted molar refractivity (Wildman–Crippen MR) is 124 cm³/mol. The van der Waals surface area contributed by atoms with Gasteiger partial charge in [0, 0.05) is 30.6 Å². The van der Waals surface area contributed by atoms with Crippen LogP contribution in [0.3, 0.4) is 0 Å². The second-order valence-electron chi connectivity index (χ2n) is 7.45. The Labute approximate surface area is 184 Å². The summed E-state index contributed by atoms with van der Waals surface area (Å²) in [5, 5.41) is 4.04. The Morgan fingerprint density at radius 2 is 1.80 bits per heavy atom. The Morgan fingerprint density at radius 3 is 2.53 bits per heavy atom. The molecule has 0 saturated heterocycles. The molecule has 0 fully saturated rings. The molecule has 154 valence electrons. The topological polar surface area (TPSA) is 62.3 Å². The van der Waals surface area contributed by atoms with E-state index in [2.05, 4.69) is 23.5 Å². The van der Waals surface area contributed by atoms with Crippen LogP contribution in [0.4, 0.5) is 10.5 Å². The van der Waals surface area contributed by atoms with Gasteiger partial charge >= 0.3 is 0 Å². The molecule has 7 heteroatoms. The van der Waals surface area contributed by atoms with E-state index in [0.717, 1.165) is 32.2 Å². The lowest BCUT2D eigenvalue weighted by atomic mass is 9.82. The van der Waals surface area contributed by atoms with Gasteiger partial charge in [-0.15, -0.1) is 11.3 Å². The molecule has 0 aliphatic heterocycles. The van der Waals surface area contributed by atoms with E-state index in [0.29, 0.717) is 6.42 Å². The maximum Gasteiger partial charge on any atom is 0.285 e.